The van der Waals surface area contributed by atoms with Crippen molar-refractivity contribution in [3.63, 3.8) is 0 Å². The molecular formula is C25H23BrN2O2S. The lowest BCUT2D eigenvalue weighted by molar-refractivity contribution is 0.102. The van der Waals surface area contributed by atoms with E-state index in [0.717, 1.165) is 32.0 Å². The Morgan fingerprint density at radius 1 is 1.10 bits per heavy atom. The highest BCUT2D eigenvalue weighted by atomic mass is 79.9. The lowest BCUT2D eigenvalue weighted by atomic mass is 10.1. The van der Waals surface area contributed by atoms with Crippen LogP contribution in [0.25, 0.3) is 20.8 Å². The number of fused-ring (bicyclic) bond motifs is 1. The fourth-order valence-electron chi connectivity index (χ4n) is 3.07. The summed E-state index contributed by atoms with van der Waals surface area (Å²) in [4.78, 5) is 17.4. The zero-order chi connectivity index (χ0) is 22.0. The second kappa shape index (κ2) is 9.20. The minimum absolute atomic E-state index is 0.167. The molecule has 0 spiro atoms. The van der Waals surface area contributed by atoms with Crippen molar-refractivity contribution in [2.24, 2.45) is 5.92 Å². The van der Waals surface area contributed by atoms with Gasteiger partial charge >= 0.3 is 0 Å². The smallest absolute Gasteiger partial charge is 0.255 e. The van der Waals surface area contributed by atoms with Gasteiger partial charge in [-0.25, -0.2) is 4.98 Å². The van der Waals surface area contributed by atoms with Crippen LogP contribution >= 0.6 is 27.3 Å². The lowest BCUT2D eigenvalue weighted by Crippen LogP contribution is -2.12. The molecule has 31 heavy (non-hydrogen) atoms. The van der Waals surface area contributed by atoms with Gasteiger partial charge in [0.1, 0.15) is 10.8 Å². The predicted octanol–water partition coefficient (Wildman–Crippen LogP) is 7.32. The Hall–Kier alpha value is -2.70. The highest BCUT2D eigenvalue weighted by Crippen LogP contribution is 2.31. The van der Waals surface area contributed by atoms with Crippen molar-refractivity contribution < 1.29 is 9.53 Å². The maximum atomic E-state index is 12.7. The average molecular weight is 495 g/mol. The second-order valence-electron chi connectivity index (χ2n) is 7.87. The summed E-state index contributed by atoms with van der Waals surface area (Å²) in [7, 11) is 0. The number of hydrogen-bond acceptors (Lipinski definition) is 4. The van der Waals surface area contributed by atoms with Crippen LogP contribution in [0.4, 0.5) is 5.69 Å². The Balaban J connectivity index is 1.45. The molecule has 1 heterocycles. The molecule has 1 N–H and O–H groups in total. The van der Waals surface area contributed by atoms with E-state index in [-0.39, 0.29) is 5.91 Å². The maximum absolute atomic E-state index is 12.7. The number of nitrogens with one attached hydrogen (secondary N) is 1. The molecule has 1 aromatic heterocycles. The summed E-state index contributed by atoms with van der Waals surface area (Å²) in [5, 5.41) is 3.92. The number of benzene rings is 3. The van der Waals surface area contributed by atoms with Crippen molar-refractivity contribution in [1.29, 1.82) is 0 Å². The molecule has 0 radical (unpaired) electrons. The SMILES string of the molecule is Cc1ccc2nc(-c3ccc(NC(=O)c4ccc(OCC(C)C)c(Br)c4)cc3)sc2c1. The summed E-state index contributed by atoms with van der Waals surface area (Å²) in [6, 6.07) is 19.4. The number of nitrogens with zero attached hydrogens (tertiary/aromatic N) is 1. The predicted molar refractivity (Wildman–Crippen MR) is 132 cm³/mol. The molecule has 6 heteroatoms. The Kier molecular flexibility index (Phi) is 6.39. The topological polar surface area (TPSA) is 51.2 Å². The largest absolute Gasteiger partial charge is 0.492 e. The number of hydrogen-bond donors (Lipinski definition) is 1. The van der Waals surface area contributed by atoms with Crippen LogP contribution in [0.5, 0.6) is 5.75 Å². The van der Waals surface area contributed by atoms with Crippen molar-refractivity contribution in [3.05, 3.63) is 76.3 Å². The van der Waals surface area contributed by atoms with E-state index in [2.05, 4.69) is 60.2 Å². The standard InChI is InChI=1S/C25H23BrN2O2S/c1-15(2)14-30-22-11-7-18(13-20(22)26)24(29)27-19-8-5-17(6-9-19)25-28-21-10-4-16(3)12-23(21)31-25/h4-13,15H,14H2,1-3H3,(H,27,29). The first-order valence-corrected chi connectivity index (χ1v) is 11.7. The van der Waals surface area contributed by atoms with E-state index in [1.54, 1.807) is 23.5 Å². The summed E-state index contributed by atoms with van der Waals surface area (Å²) in [6.45, 7) is 6.91. The van der Waals surface area contributed by atoms with Gasteiger partial charge in [-0.3, -0.25) is 4.79 Å². The van der Waals surface area contributed by atoms with Gasteiger partial charge in [0.25, 0.3) is 5.91 Å². The first-order chi connectivity index (χ1) is 14.9. The van der Waals surface area contributed by atoms with Crippen LogP contribution in [0.2, 0.25) is 0 Å². The van der Waals surface area contributed by atoms with Gasteiger partial charge in [-0.2, -0.15) is 0 Å². The van der Waals surface area contributed by atoms with Gasteiger partial charge in [-0.1, -0.05) is 19.9 Å². The zero-order valence-electron chi connectivity index (χ0n) is 17.6. The second-order valence-corrected chi connectivity index (χ2v) is 9.76. The number of carbonyl (C=O) groups excluding carboxylic acids is 1. The summed E-state index contributed by atoms with van der Waals surface area (Å²) < 4.78 is 7.70. The molecular weight excluding hydrogens is 472 g/mol. The number of carbonyl (C=O) groups is 1. The van der Waals surface area contributed by atoms with Crippen LogP contribution in [0.3, 0.4) is 0 Å². The number of aryl methyl sites for hydroxylation is 1. The van der Waals surface area contributed by atoms with Crippen molar-refractivity contribution >= 4 is 49.1 Å². The molecule has 4 nitrogen and oxygen atoms in total. The minimum Gasteiger partial charge on any atom is -0.492 e. The number of ether oxygens (including phenoxy) is 1. The van der Waals surface area contributed by atoms with Crippen molar-refractivity contribution in [2.45, 2.75) is 20.8 Å². The van der Waals surface area contributed by atoms with Crippen LogP contribution in [0, 0.1) is 12.8 Å². The van der Waals surface area contributed by atoms with Gasteiger partial charge in [0.15, 0.2) is 0 Å². The molecule has 0 fully saturated rings. The van der Waals surface area contributed by atoms with Gasteiger partial charge in [-0.05, 0) is 88.9 Å². The van der Waals surface area contributed by atoms with Crippen molar-refractivity contribution in [2.75, 3.05) is 11.9 Å². The molecule has 0 saturated heterocycles. The number of rotatable bonds is 6. The molecule has 0 aliphatic rings. The van der Waals surface area contributed by atoms with Gasteiger partial charge in [-0.15, -0.1) is 11.3 Å². The van der Waals surface area contributed by atoms with E-state index in [9.17, 15) is 4.79 Å². The van der Waals surface area contributed by atoms with E-state index in [1.165, 1.54) is 10.3 Å². The average Bonchev–Trinajstić information content (AvgIpc) is 3.16. The Morgan fingerprint density at radius 3 is 2.58 bits per heavy atom. The zero-order valence-corrected chi connectivity index (χ0v) is 20.0. The molecule has 4 aromatic rings. The molecule has 1 amide bonds. The van der Waals surface area contributed by atoms with E-state index in [1.807, 2.05) is 30.3 Å². The van der Waals surface area contributed by atoms with Gasteiger partial charge < -0.3 is 10.1 Å². The number of amides is 1. The Morgan fingerprint density at radius 2 is 1.87 bits per heavy atom. The maximum Gasteiger partial charge on any atom is 0.255 e. The summed E-state index contributed by atoms with van der Waals surface area (Å²) in [5.74, 6) is 1.00. The first kappa shape index (κ1) is 21.5. The molecule has 3 aromatic carbocycles. The first-order valence-electron chi connectivity index (χ1n) is 10.1. The van der Waals surface area contributed by atoms with Gasteiger partial charge in [0.2, 0.25) is 0 Å². The lowest BCUT2D eigenvalue weighted by Gasteiger charge is -2.12. The van der Waals surface area contributed by atoms with E-state index < -0.39 is 0 Å². The van der Waals surface area contributed by atoms with Crippen LogP contribution in [0.15, 0.2) is 65.1 Å². The molecule has 0 saturated carbocycles. The molecule has 4 rings (SSSR count). The summed E-state index contributed by atoms with van der Waals surface area (Å²) in [5.41, 5.74) is 4.57. The highest BCUT2D eigenvalue weighted by molar-refractivity contribution is 9.10. The Labute approximate surface area is 194 Å². The molecule has 0 aliphatic carbocycles. The third-order valence-electron chi connectivity index (χ3n) is 4.70. The Bertz CT molecular complexity index is 1230. The molecule has 158 valence electrons. The number of anilines is 1. The van der Waals surface area contributed by atoms with Crippen molar-refractivity contribution in [3.8, 4) is 16.3 Å². The fourth-order valence-corrected chi connectivity index (χ4v) is 4.63. The third kappa shape index (κ3) is 5.14. The number of halogens is 1. The monoisotopic (exact) mass is 494 g/mol. The van der Waals surface area contributed by atoms with Crippen LogP contribution < -0.4 is 10.1 Å². The molecule has 0 bridgehead atoms. The minimum atomic E-state index is -0.167. The highest BCUT2D eigenvalue weighted by Gasteiger charge is 2.11. The number of thiazole rings is 1. The van der Waals surface area contributed by atoms with Crippen LogP contribution in [-0.4, -0.2) is 17.5 Å². The summed E-state index contributed by atoms with van der Waals surface area (Å²) >= 11 is 5.17. The van der Waals surface area contributed by atoms with E-state index >= 15 is 0 Å². The molecule has 0 unspecified atom stereocenters. The van der Waals surface area contributed by atoms with Gasteiger partial charge in [0, 0.05) is 16.8 Å². The molecule has 0 aliphatic heterocycles. The quantitative estimate of drug-likeness (QED) is 0.305. The van der Waals surface area contributed by atoms with Crippen molar-refractivity contribution in [1.82, 2.24) is 4.98 Å². The van der Waals surface area contributed by atoms with E-state index in [0.29, 0.717) is 18.1 Å². The molecule has 0 atom stereocenters. The third-order valence-corrected chi connectivity index (χ3v) is 6.39. The fraction of sp³-hybridized carbons (Fsp3) is 0.200. The normalized spacial score (nSPS) is 11.1. The van der Waals surface area contributed by atoms with Crippen LogP contribution in [0.1, 0.15) is 29.8 Å². The van der Waals surface area contributed by atoms with Crippen LogP contribution in [-0.2, 0) is 0 Å². The van der Waals surface area contributed by atoms with Gasteiger partial charge in [0.05, 0.1) is 21.3 Å². The number of aromatic nitrogens is 1. The summed E-state index contributed by atoms with van der Waals surface area (Å²) in [6.07, 6.45) is 0. The van der Waals surface area contributed by atoms with E-state index in [4.69, 9.17) is 9.72 Å².